The number of rotatable bonds is 3. The van der Waals surface area contributed by atoms with Crippen molar-refractivity contribution in [2.24, 2.45) is 0 Å². The number of hydrogen-bond acceptors (Lipinski definition) is 3. The van der Waals surface area contributed by atoms with Crippen LogP contribution in [-0.2, 0) is 11.2 Å². The molecule has 0 N–H and O–H groups in total. The summed E-state index contributed by atoms with van der Waals surface area (Å²) >= 11 is 0. The molecule has 5 heteroatoms. The highest BCUT2D eigenvalue weighted by Crippen LogP contribution is 2.31. The van der Waals surface area contributed by atoms with Crippen molar-refractivity contribution < 1.29 is 13.7 Å². The molecule has 1 saturated heterocycles. The number of carbonyl (C=O) groups is 1. The molecule has 0 aliphatic carbocycles. The van der Waals surface area contributed by atoms with Crippen molar-refractivity contribution in [3.05, 3.63) is 53.2 Å². The van der Waals surface area contributed by atoms with Gasteiger partial charge in [0.2, 0.25) is 5.91 Å². The van der Waals surface area contributed by atoms with Gasteiger partial charge in [0.1, 0.15) is 11.6 Å². The Morgan fingerprint density at radius 1 is 1.35 bits per heavy atom. The molecule has 1 fully saturated rings. The number of nitrogens with zero attached hydrogens (tertiary/aromatic N) is 2. The van der Waals surface area contributed by atoms with Gasteiger partial charge in [0.25, 0.3) is 0 Å². The third kappa shape index (κ3) is 3.78. The summed E-state index contributed by atoms with van der Waals surface area (Å²) in [6.45, 7) is 2.53. The summed E-state index contributed by atoms with van der Waals surface area (Å²) in [6.07, 6.45) is 4.19. The summed E-state index contributed by atoms with van der Waals surface area (Å²) in [5.74, 6) is 0.331. The normalized spacial score (nSPS) is 18.7. The number of benzene rings is 1. The highest BCUT2D eigenvalue weighted by atomic mass is 19.1. The fourth-order valence-corrected chi connectivity index (χ4v) is 3.22. The largest absolute Gasteiger partial charge is 0.361 e. The van der Waals surface area contributed by atoms with Crippen LogP contribution in [0.15, 0.2) is 34.9 Å². The van der Waals surface area contributed by atoms with E-state index in [-0.39, 0.29) is 24.2 Å². The van der Waals surface area contributed by atoms with Crippen molar-refractivity contribution in [2.75, 3.05) is 6.54 Å². The maximum atomic E-state index is 13.6. The molecule has 4 nitrogen and oxygen atoms in total. The van der Waals surface area contributed by atoms with E-state index in [9.17, 15) is 9.18 Å². The molecule has 1 amide bonds. The van der Waals surface area contributed by atoms with Gasteiger partial charge in [-0.25, -0.2) is 4.39 Å². The Morgan fingerprint density at radius 3 is 2.96 bits per heavy atom. The van der Waals surface area contributed by atoms with E-state index >= 15 is 0 Å². The molecule has 1 unspecified atom stereocenters. The molecule has 0 radical (unpaired) electrons. The highest BCUT2D eigenvalue weighted by molar-refractivity contribution is 5.78. The van der Waals surface area contributed by atoms with E-state index in [1.165, 1.54) is 12.1 Å². The molecule has 1 aliphatic heterocycles. The van der Waals surface area contributed by atoms with Crippen LogP contribution in [0.1, 0.15) is 48.7 Å². The van der Waals surface area contributed by atoms with E-state index in [4.69, 9.17) is 4.52 Å². The van der Waals surface area contributed by atoms with Crippen molar-refractivity contribution in [1.29, 1.82) is 0 Å². The number of aromatic nitrogens is 1. The first kappa shape index (κ1) is 15.7. The molecule has 1 aromatic carbocycles. The third-order valence-corrected chi connectivity index (χ3v) is 4.31. The van der Waals surface area contributed by atoms with Gasteiger partial charge in [-0.05, 0) is 37.5 Å². The van der Waals surface area contributed by atoms with Crippen molar-refractivity contribution in [2.45, 2.75) is 45.1 Å². The lowest BCUT2D eigenvalue weighted by Gasteiger charge is -2.30. The zero-order valence-electron chi connectivity index (χ0n) is 13.3. The van der Waals surface area contributed by atoms with Gasteiger partial charge in [0.05, 0.1) is 18.2 Å². The second-order valence-corrected chi connectivity index (χ2v) is 6.12. The summed E-state index contributed by atoms with van der Waals surface area (Å²) in [5.41, 5.74) is 1.64. The van der Waals surface area contributed by atoms with Crippen molar-refractivity contribution in [1.82, 2.24) is 10.1 Å². The molecule has 2 aromatic rings. The number of likely N-dealkylation sites (tertiary alicyclic amines) is 1. The van der Waals surface area contributed by atoms with E-state index in [0.29, 0.717) is 12.3 Å². The van der Waals surface area contributed by atoms with Crippen molar-refractivity contribution in [3.8, 4) is 0 Å². The van der Waals surface area contributed by atoms with Crippen LogP contribution in [0.5, 0.6) is 0 Å². The van der Waals surface area contributed by atoms with Gasteiger partial charge in [-0.2, -0.15) is 0 Å². The van der Waals surface area contributed by atoms with Crippen LogP contribution in [0, 0.1) is 12.7 Å². The standard InChI is InChI=1S/C18H21FN2O2/c1-13-10-16(23-20-13)12-18(22)21-9-4-2-3-8-17(21)14-6-5-7-15(19)11-14/h5-7,10-11,17H,2-4,8-9,12H2,1H3. The molecule has 23 heavy (non-hydrogen) atoms. The molecular weight excluding hydrogens is 295 g/mol. The smallest absolute Gasteiger partial charge is 0.230 e. The molecule has 122 valence electrons. The lowest BCUT2D eigenvalue weighted by molar-refractivity contribution is -0.133. The van der Waals surface area contributed by atoms with Gasteiger partial charge < -0.3 is 9.42 Å². The summed E-state index contributed by atoms with van der Waals surface area (Å²) in [6, 6.07) is 8.30. The summed E-state index contributed by atoms with van der Waals surface area (Å²) < 4.78 is 18.7. The third-order valence-electron chi connectivity index (χ3n) is 4.31. The van der Waals surface area contributed by atoms with Crippen LogP contribution in [-0.4, -0.2) is 22.5 Å². The monoisotopic (exact) mass is 316 g/mol. The molecule has 0 saturated carbocycles. The number of aryl methyl sites for hydroxylation is 1. The zero-order chi connectivity index (χ0) is 16.2. The Bertz CT molecular complexity index is 683. The first-order valence-electron chi connectivity index (χ1n) is 8.10. The highest BCUT2D eigenvalue weighted by Gasteiger charge is 2.27. The molecule has 1 aliphatic rings. The van der Waals surface area contributed by atoms with Crippen LogP contribution < -0.4 is 0 Å². The van der Waals surface area contributed by atoms with Gasteiger partial charge in [-0.3, -0.25) is 4.79 Å². The van der Waals surface area contributed by atoms with Crippen molar-refractivity contribution in [3.63, 3.8) is 0 Å². The minimum atomic E-state index is -0.259. The van der Waals surface area contributed by atoms with Crippen molar-refractivity contribution >= 4 is 5.91 Å². The van der Waals surface area contributed by atoms with Gasteiger partial charge in [0.15, 0.2) is 0 Å². The Morgan fingerprint density at radius 2 is 2.22 bits per heavy atom. The minimum Gasteiger partial charge on any atom is -0.361 e. The van der Waals surface area contributed by atoms with E-state index in [1.54, 1.807) is 12.1 Å². The number of amides is 1. The first-order chi connectivity index (χ1) is 11.1. The predicted molar refractivity (Wildman–Crippen MR) is 84.3 cm³/mol. The second kappa shape index (κ2) is 6.94. The predicted octanol–water partition coefficient (Wildman–Crippen LogP) is 3.81. The average Bonchev–Trinajstić information content (AvgIpc) is 2.79. The molecule has 2 heterocycles. The molecule has 0 bridgehead atoms. The Kier molecular flexibility index (Phi) is 4.74. The number of halogens is 1. The lowest BCUT2D eigenvalue weighted by Crippen LogP contribution is -2.35. The Balaban J connectivity index is 1.82. The van der Waals surface area contributed by atoms with Crippen LogP contribution in [0.4, 0.5) is 4.39 Å². The van der Waals surface area contributed by atoms with Crippen LogP contribution >= 0.6 is 0 Å². The van der Waals surface area contributed by atoms with E-state index in [2.05, 4.69) is 5.16 Å². The zero-order valence-corrected chi connectivity index (χ0v) is 13.3. The van der Waals surface area contributed by atoms with Crippen LogP contribution in [0.3, 0.4) is 0 Å². The van der Waals surface area contributed by atoms with Gasteiger partial charge in [0, 0.05) is 12.6 Å². The quantitative estimate of drug-likeness (QED) is 0.865. The Labute approximate surface area is 135 Å². The van der Waals surface area contributed by atoms with E-state index in [0.717, 1.165) is 36.9 Å². The first-order valence-corrected chi connectivity index (χ1v) is 8.10. The average molecular weight is 316 g/mol. The van der Waals surface area contributed by atoms with Gasteiger partial charge >= 0.3 is 0 Å². The van der Waals surface area contributed by atoms with Crippen LogP contribution in [0.2, 0.25) is 0 Å². The number of hydrogen-bond donors (Lipinski definition) is 0. The topological polar surface area (TPSA) is 46.3 Å². The summed E-state index contributed by atoms with van der Waals surface area (Å²) in [7, 11) is 0. The minimum absolute atomic E-state index is 0.0114. The Hall–Kier alpha value is -2.17. The van der Waals surface area contributed by atoms with Gasteiger partial charge in [-0.15, -0.1) is 0 Å². The van der Waals surface area contributed by atoms with E-state index < -0.39 is 0 Å². The SMILES string of the molecule is Cc1cc(CC(=O)N2CCCCCC2c2cccc(F)c2)on1. The summed E-state index contributed by atoms with van der Waals surface area (Å²) in [5, 5.41) is 3.83. The maximum absolute atomic E-state index is 13.6. The maximum Gasteiger partial charge on any atom is 0.230 e. The molecule has 3 rings (SSSR count). The fraction of sp³-hybridized carbons (Fsp3) is 0.444. The number of carbonyl (C=O) groups excluding carboxylic acids is 1. The second-order valence-electron chi connectivity index (χ2n) is 6.12. The lowest BCUT2D eigenvalue weighted by atomic mass is 10.0. The van der Waals surface area contributed by atoms with Crippen LogP contribution in [0.25, 0.3) is 0 Å². The molecular formula is C18H21FN2O2. The fourth-order valence-electron chi connectivity index (χ4n) is 3.22. The molecule has 0 spiro atoms. The van der Waals surface area contributed by atoms with E-state index in [1.807, 2.05) is 17.9 Å². The molecule has 1 aromatic heterocycles. The van der Waals surface area contributed by atoms with Gasteiger partial charge in [-0.1, -0.05) is 30.1 Å². The summed E-state index contributed by atoms with van der Waals surface area (Å²) in [4.78, 5) is 14.6. The molecule has 1 atom stereocenters.